The molecule has 10 heteroatoms. The van der Waals surface area contributed by atoms with Crippen molar-refractivity contribution in [3.05, 3.63) is 65.4 Å². The van der Waals surface area contributed by atoms with E-state index in [4.69, 9.17) is 23.7 Å². The van der Waals surface area contributed by atoms with Crippen molar-refractivity contribution in [1.82, 2.24) is 10.2 Å². The summed E-state index contributed by atoms with van der Waals surface area (Å²) in [7, 11) is 6.16. The first-order valence-electron chi connectivity index (χ1n) is 16.6. The number of ether oxygens (including phenoxy) is 5. The first kappa shape index (κ1) is 34.3. The van der Waals surface area contributed by atoms with Gasteiger partial charge in [-0.1, -0.05) is 37.1 Å². The Labute approximate surface area is 277 Å². The Morgan fingerprint density at radius 3 is 2.38 bits per heavy atom. The minimum Gasteiger partial charge on any atom is -0.496 e. The molecule has 1 aliphatic carbocycles. The number of hydrogen-bond acceptors (Lipinski definition) is 8. The molecule has 10 nitrogen and oxygen atoms in total. The fraction of sp³-hybridized carbons (Fsp3) is 0.541. The molecule has 0 aromatic heterocycles. The number of likely N-dealkylation sites (tertiary alicyclic amines) is 1. The van der Waals surface area contributed by atoms with Crippen LogP contribution in [0.15, 0.2) is 54.2 Å². The van der Waals surface area contributed by atoms with E-state index < -0.39 is 23.4 Å². The van der Waals surface area contributed by atoms with Crippen LogP contribution in [0.5, 0.6) is 17.2 Å². The van der Waals surface area contributed by atoms with Gasteiger partial charge in [0, 0.05) is 31.1 Å². The van der Waals surface area contributed by atoms with Crippen LogP contribution < -0.4 is 19.5 Å². The van der Waals surface area contributed by atoms with Gasteiger partial charge in [-0.05, 0) is 80.3 Å². The van der Waals surface area contributed by atoms with Crippen LogP contribution in [-0.4, -0.2) is 76.4 Å². The summed E-state index contributed by atoms with van der Waals surface area (Å²) in [5, 5.41) is 2.98. The van der Waals surface area contributed by atoms with E-state index in [9.17, 15) is 14.4 Å². The van der Waals surface area contributed by atoms with Crippen molar-refractivity contribution < 1.29 is 38.1 Å². The van der Waals surface area contributed by atoms with E-state index in [0.717, 1.165) is 42.6 Å². The zero-order valence-electron chi connectivity index (χ0n) is 28.2. The number of rotatable bonds is 13. The van der Waals surface area contributed by atoms with Gasteiger partial charge in [0.05, 0.1) is 40.6 Å². The summed E-state index contributed by atoms with van der Waals surface area (Å²) < 4.78 is 28.4. The molecule has 2 aromatic carbocycles. The second-order valence-corrected chi connectivity index (χ2v) is 12.7. The molecule has 0 bridgehead atoms. The lowest BCUT2D eigenvalue weighted by atomic mass is 9.66. The van der Waals surface area contributed by atoms with Gasteiger partial charge >= 0.3 is 5.97 Å². The molecule has 1 saturated heterocycles. The van der Waals surface area contributed by atoms with Crippen LogP contribution in [0.3, 0.4) is 0 Å². The number of piperidine rings is 1. The van der Waals surface area contributed by atoms with E-state index in [1.54, 1.807) is 26.2 Å². The molecule has 2 aliphatic heterocycles. The highest BCUT2D eigenvalue weighted by Gasteiger charge is 2.60. The van der Waals surface area contributed by atoms with Crippen LogP contribution in [-0.2, 0) is 36.7 Å². The predicted octanol–water partition coefficient (Wildman–Crippen LogP) is 4.87. The van der Waals surface area contributed by atoms with Crippen molar-refractivity contribution in [1.29, 1.82) is 0 Å². The van der Waals surface area contributed by atoms with Crippen LogP contribution in [0.1, 0.15) is 56.6 Å². The van der Waals surface area contributed by atoms with Crippen LogP contribution >= 0.6 is 0 Å². The molecule has 2 fully saturated rings. The number of benzene rings is 2. The van der Waals surface area contributed by atoms with E-state index >= 15 is 0 Å². The Balaban J connectivity index is 1.42. The van der Waals surface area contributed by atoms with E-state index in [-0.39, 0.29) is 30.8 Å². The Kier molecular flexibility index (Phi) is 11.1. The van der Waals surface area contributed by atoms with Crippen molar-refractivity contribution in [3.8, 4) is 17.2 Å². The summed E-state index contributed by atoms with van der Waals surface area (Å²) in [6, 6.07) is 13.4. The number of fused-ring (bicyclic) bond motifs is 1. The summed E-state index contributed by atoms with van der Waals surface area (Å²) in [4.78, 5) is 43.3. The maximum atomic E-state index is 14.4. The minimum absolute atomic E-state index is 0.0532. The largest absolute Gasteiger partial charge is 0.496 e. The van der Waals surface area contributed by atoms with Gasteiger partial charge in [-0.25, -0.2) is 0 Å². The van der Waals surface area contributed by atoms with Crippen molar-refractivity contribution in [2.24, 2.45) is 17.3 Å². The third-order valence-electron chi connectivity index (χ3n) is 10.1. The van der Waals surface area contributed by atoms with E-state index in [1.165, 1.54) is 7.11 Å². The summed E-state index contributed by atoms with van der Waals surface area (Å²) in [6.07, 6.45) is 6.79. The highest BCUT2D eigenvalue weighted by atomic mass is 16.5. The molecule has 2 aromatic rings. The number of methoxy groups -OCH3 is 4. The van der Waals surface area contributed by atoms with E-state index in [1.807, 2.05) is 55.5 Å². The predicted molar refractivity (Wildman–Crippen MR) is 176 cm³/mol. The van der Waals surface area contributed by atoms with Crippen molar-refractivity contribution in [3.63, 3.8) is 0 Å². The number of esters is 1. The molecule has 0 unspecified atom stereocenters. The standard InChI is InChI=1S/C37H48N2O8/c1-24-37(36(42)46-5)23-28(21-34(40)38-18-16-27-12-8-9-13-29(27)43-2)35(41)39(33(37)22-31(47-24)26-10-6-7-11-26)19-17-25-14-15-30(44-3)32(20-25)45-4/h8-9,12-15,20,22,24,26,28,31H,6-7,10-11,16-19,21,23H2,1-5H3,(H,38,40)/t24-,28+,31-,37+/m1/s1. The van der Waals surface area contributed by atoms with Crippen molar-refractivity contribution >= 4 is 17.8 Å². The second kappa shape index (κ2) is 15.2. The summed E-state index contributed by atoms with van der Waals surface area (Å²) in [5.41, 5.74) is 1.34. The number of nitrogens with one attached hydrogen (secondary N) is 1. The average molecular weight is 649 g/mol. The molecule has 47 heavy (non-hydrogen) atoms. The van der Waals surface area contributed by atoms with Crippen molar-refractivity contribution in [2.45, 2.75) is 70.5 Å². The van der Waals surface area contributed by atoms with Gasteiger partial charge in [0.25, 0.3) is 0 Å². The van der Waals surface area contributed by atoms with Gasteiger partial charge in [0.1, 0.15) is 11.2 Å². The molecule has 1 saturated carbocycles. The van der Waals surface area contributed by atoms with Gasteiger partial charge in [0.2, 0.25) is 11.8 Å². The lowest BCUT2D eigenvalue weighted by molar-refractivity contribution is -0.177. The maximum absolute atomic E-state index is 14.4. The number of carbonyl (C=O) groups excluding carboxylic acids is 3. The lowest BCUT2D eigenvalue weighted by Crippen LogP contribution is -2.61. The zero-order valence-corrected chi connectivity index (χ0v) is 28.2. The van der Waals surface area contributed by atoms with E-state index in [0.29, 0.717) is 49.0 Å². The molecule has 3 aliphatic rings. The topological polar surface area (TPSA) is 113 Å². The molecule has 2 heterocycles. The third-order valence-corrected chi connectivity index (χ3v) is 10.1. The third kappa shape index (κ3) is 7.12. The van der Waals surface area contributed by atoms with Crippen LogP contribution in [0.25, 0.3) is 0 Å². The Morgan fingerprint density at radius 1 is 0.957 bits per heavy atom. The fourth-order valence-electron chi connectivity index (χ4n) is 7.60. The molecule has 4 atom stereocenters. The minimum atomic E-state index is -1.22. The van der Waals surface area contributed by atoms with Crippen LogP contribution in [0.4, 0.5) is 0 Å². The fourth-order valence-corrected chi connectivity index (χ4v) is 7.60. The molecule has 0 radical (unpaired) electrons. The lowest BCUT2D eigenvalue weighted by Gasteiger charge is -2.52. The first-order valence-corrected chi connectivity index (χ1v) is 16.6. The summed E-state index contributed by atoms with van der Waals surface area (Å²) in [6.45, 7) is 2.60. The number of para-hydroxylation sites is 1. The number of carbonyl (C=O) groups is 3. The zero-order chi connectivity index (χ0) is 33.6. The second-order valence-electron chi connectivity index (χ2n) is 12.7. The molecular weight excluding hydrogens is 600 g/mol. The summed E-state index contributed by atoms with van der Waals surface area (Å²) >= 11 is 0. The Bertz CT molecular complexity index is 1470. The van der Waals surface area contributed by atoms with Crippen molar-refractivity contribution in [2.75, 3.05) is 41.5 Å². The van der Waals surface area contributed by atoms with Gasteiger partial charge in [0.15, 0.2) is 11.5 Å². The monoisotopic (exact) mass is 648 g/mol. The smallest absolute Gasteiger partial charge is 0.320 e. The first-order chi connectivity index (χ1) is 22.7. The van der Waals surface area contributed by atoms with E-state index in [2.05, 4.69) is 5.32 Å². The van der Waals surface area contributed by atoms with Gasteiger partial charge in [-0.15, -0.1) is 0 Å². The molecule has 1 N–H and O–H groups in total. The highest BCUT2D eigenvalue weighted by molar-refractivity contribution is 5.92. The quantitative estimate of drug-likeness (QED) is 0.306. The van der Waals surface area contributed by atoms with Gasteiger partial charge < -0.3 is 33.9 Å². The normalized spacial score (nSPS) is 24.3. The van der Waals surface area contributed by atoms with Crippen LogP contribution in [0.2, 0.25) is 0 Å². The average Bonchev–Trinajstić information content (AvgIpc) is 3.63. The molecular formula is C37H48N2O8. The molecule has 0 spiro atoms. The Hall–Kier alpha value is -4.05. The number of nitrogens with zero attached hydrogens (tertiary/aromatic N) is 1. The molecule has 5 rings (SSSR count). The van der Waals surface area contributed by atoms with Gasteiger partial charge in [-0.3, -0.25) is 14.4 Å². The number of amides is 2. The SMILES string of the molecule is COC(=O)[C@]12C[C@H](CC(=O)NCCc3ccccc3OC)C(=O)N(CCc3ccc(OC)c(OC)c3)C1=C[C@H](C1CCCC1)O[C@@H]2C. The van der Waals surface area contributed by atoms with Gasteiger partial charge in [-0.2, -0.15) is 0 Å². The Morgan fingerprint density at radius 2 is 1.68 bits per heavy atom. The highest BCUT2D eigenvalue weighted by Crippen LogP contribution is 2.51. The van der Waals surface area contributed by atoms with Crippen LogP contribution in [0, 0.1) is 17.3 Å². The maximum Gasteiger partial charge on any atom is 0.320 e. The molecule has 2 amide bonds. The molecule has 254 valence electrons. The number of hydrogen-bond donors (Lipinski definition) is 1. The summed E-state index contributed by atoms with van der Waals surface area (Å²) in [5.74, 6) is 0.692.